The molecule has 3 aromatic rings. The van der Waals surface area contributed by atoms with E-state index in [1.165, 1.54) is 25.1 Å². The largest absolute Gasteiger partial charge is 0.462 e. The predicted octanol–water partition coefficient (Wildman–Crippen LogP) is 3.53. The Labute approximate surface area is 163 Å². The molecule has 146 valence electrons. The van der Waals surface area contributed by atoms with Crippen LogP contribution >= 0.6 is 11.3 Å². The minimum atomic E-state index is -0.933. The summed E-state index contributed by atoms with van der Waals surface area (Å²) >= 11 is 1.03. The quantitative estimate of drug-likeness (QED) is 0.653. The molecular weight excluding hydrogens is 387 g/mol. The highest BCUT2D eigenvalue weighted by Crippen LogP contribution is 2.28. The molecule has 9 heteroatoms. The van der Waals surface area contributed by atoms with Crippen LogP contribution in [0.3, 0.4) is 0 Å². The number of esters is 2. The van der Waals surface area contributed by atoms with Crippen LogP contribution in [-0.2, 0) is 9.47 Å². The molecule has 0 aliphatic heterocycles. The van der Waals surface area contributed by atoms with E-state index in [9.17, 15) is 18.8 Å². The molecule has 0 aliphatic rings. The van der Waals surface area contributed by atoms with Crippen LogP contribution in [0.2, 0.25) is 0 Å². The normalized spacial score (nSPS) is 12.0. The molecule has 0 fully saturated rings. The number of hydrogen-bond donors (Lipinski definition) is 1. The fraction of sp³-hybridized carbons (Fsp3) is 0.263. The lowest BCUT2D eigenvalue weighted by Crippen LogP contribution is -2.17. The summed E-state index contributed by atoms with van der Waals surface area (Å²) in [6.45, 7) is 5.05. The number of rotatable bonds is 5. The third-order valence-corrected chi connectivity index (χ3v) is 5.21. The van der Waals surface area contributed by atoms with Crippen LogP contribution in [0.4, 0.5) is 4.39 Å². The molecule has 1 aromatic carbocycles. The molecular formula is C19H17FN2O5S. The Balaban J connectivity index is 1.93. The SMILES string of the molecule is CCOC(=O)c1sc2nc([C@H](C)OC(=O)c3ccccc3F)[nH]c(=O)c2c1C. The molecule has 0 radical (unpaired) electrons. The molecule has 0 bridgehead atoms. The number of fused-ring (bicyclic) bond motifs is 1. The summed E-state index contributed by atoms with van der Waals surface area (Å²) in [7, 11) is 0. The standard InChI is InChI=1S/C19H17FN2O5S/c1-4-26-19(25)14-9(2)13-16(23)21-15(22-17(13)28-14)10(3)27-18(24)11-7-5-6-8-12(11)20/h5-8,10H,4H2,1-3H3,(H,21,22,23)/t10-/m0/s1. The van der Waals surface area contributed by atoms with E-state index in [1.54, 1.807) is 13.8 Å². The number of H-pyrrole nitrogens is 1. The fourth-order valence-electron chi connectivity index (χ4n) is 2.65. The van der Waals surface area contributed by atoms with Crippen molar-refractivity contribution in [2.75, 3.05) is 6.61 Å². The van der Waals surface area contributed by atoms with Gasteiger partial charge in [0.1, 0.15) is 15.5 Å². The number of benzene rings is 1. The molecule has 2 heterocycles. The van der Waals surface area contributed by atoms with Gasteiger partial charge in [0.05, 0.1) is 17.6 Å². The van der Waals surface area contributed by atoms with E-state index < -0.39 is 29.4 Å². The maximum Gasteiger partial charge on any atom is 0.348 e. The van der Waals surface area contributed by atoms with Gasteiger partial charge in [0, 0.05) is 0 Å². The molecule has 0 saturated carbocycles. The van der Waals surface area contributed by atoms with Crippen molar-refractivity contribution in [2.24, 2.45) is 0 Å². The third kappa shape index (κ3) is 3.65. The summed E-state index contributed by atoms with van der Waals surface area (Å²) in [5.41, 5.74) is -0.192. The Bertz CT molecular complexity index is 1120. The van der Waals surface area contributed by atoms with Crippen LogP contribution in [0.5, 0.6) is 0 Å². The van der Waals surface area contributed by atoms with Crippen molar-refractivity contribution in [2.45, 2.75) is 26.9 Å². The van der Waals surface area contributed by atoms with Gasteiger partial charge >= 0.3 is 11.9 Å². The van der Waals surface area contributed by atoms with Gasteiger partial charge in [0.25, 0.3) is 5.56 Å². The van der Waals surface area contributed by atoms with Crippen molar-refractivity contribution >= 4 is 33.5 Å². The van der Waals surface area contributed by atoms with Gasteiger partial charge in [-0.15, -0.1) is 11.3 Å². The summed E-state index contributed by atoms with van der Waals surface area (Å²) in [5.74, 6) is -2.01. The average molecular weight is 404 g/mol. The van der Waals surface area contributed by atoms with Gasteiger partial charge in [-0.1, -0.05) is 12.1 Å². The number of carbonyl (C=O) groups excluding carboxylic acids is 2. The number of hydrogen-bond acceptors (Lipinski definition) is 7. The first-order valence-corrected chi connectivity index (χ1v) is 9.31. The Hall–Kier alpha value is -3.07. The third-order valence-electron chi connectivity index (χ3n) is 4.04. The number of halogens is 1. The first kappa shape index (κ1) is 19.7. The molecule has 0 unspecified atom stereocenters. The zero-order valence-corrected chi connectivity index (χ0v) is 16.2. The van der Waals surface area contributed by atoms with Gasteiger partial charge < -0.3 is 14.5 Å². The second kappa shape index (κ2) is 7.89. The maximum absolute atomic E-state index is 13.7. The van der Waals surface area contributed by atoms with E-state index in [0.29, 0.717) is 15.3 Å². The Morgan fingerprint density at radius 1 is 1.29 bits per heavy atom. The maximum atomic E-state index is 13.7. The van der Waals surface area contributed by atoms with Gasteiger partial charge in [-0.2, -0.15) is 0 Å². The molecule has 7 nitrogen and oxygen atoms in total. The zero-order chi connectivity index (χ0) is 20.4. The number of thiophene rings is 1. The first-order valence-electron chi connectivity index (χ1n) is 8.49. The van der Waals surface area contributed by atoms with E-state index in [0.717, 1.165) is 17.4 Å². The van der Waals surface area contributed by atoms with Gasteiger partial charge in [-0.05, 0) is 38.5 Å². The minimum Gasteiger partial charge on any atom is -0.462 e. The molecule has 2 aromatic heterocycles. The van der Waals surface area contributed by atoms with E-state index in [-0.39, 0.29) is 23.4 Å². The summed E-state index contributed by atoms with van der Waals surface area (Å²) < 4.78 is 24.0. The zero-order valence-electron chi connectivity index (χ0n) is 15.4. The lowest BCUT2D eigenvalue weighted by atomic mass is 10.2. The summed E-state index contributed by atoms with van der Waals surface area (Å²) in [6, 6.07) is 5.43. The summed E-state index contributed by atoms with van der Waals surface area (Å²) in [6.07, 6.45) is -0.933. The number of nitrogens with zero attached hydrogens (tertiary/aromatic N) is 1. The lowest BCUT2D eigenvalue weighted by molar-refractivity contribution is 0.0314. The Morgan fingerprint density at radius 3 is 2.68 bits per heavy atom. The predicted molar refractivity (Wildman–Crippen MR) is 101 cm³/mol. The average Bonchev–Trinajstić information content (AvgIpc) is 2.99. The fourth-order valence-corrected chi connectivity index (χ4v) is 3.73. The highest BCUT2D eigenvalue weighted by atomic mass is 32.1. The number of nitrogens with one attached hydrogen (secondary N) is 1. The van der Waals surface area contributed by atoms with Crippen LogP contribution in [0.1, 0.15) is 51.4 Å². The van der Waals surface area contributed by atoms with E-state index in [2.05, 4.69) is 9.97 Å². The monoisotopic (exact) mass is 404 g/mol. The van der Waals surface area contributed by atoms with Gasteiger partial charge in [0.15, 0.2) is 11.9 Å². The van der Waals surface area contributed by atoms with Crippen LogP contribution < -0.4 is 5.56 Å². The van der Waals surface area contributed by atoms with Gasteiger partial charge in [-0.25, -0.2) is 19.0 Å². The number of carbonyl (C=O) groups is 2. The van der Waals surface area contributed by atoms with Crippen molar-refractivity contribution in [1.29, 1.82) is 0 Å². The number of ether oxygens (including phenoxy) is 2. The van der Waals surface area contributed by atoms with Crippen molar-refractivity contribution in [3.05, 3.63) is 62.3 Å². The first-order chi connectivity index (χ1) is 13.3. The summed E-state index contributed by atoms with van der Waals surface area (Å²) in [5, 5.41) is 0.282. The summed E-state index contributed by atoms with van der Waals surface area (Å²) in [4.78, 5) is 44.2. The molecule has 3 rings (SSSR count). The van der Waals surface area contributed by atoms with Crippen molar-refractivity contribution in [3.8, 4) is 0 Å². The van der Waals surface area contributed by atoms with E-state index in [1.807, 2.05) is 0 Å². The highest BCUT2D eigenvalue weighted by molar-refractivity contribution is 7.20. The second-order valence-electron chi connectivity index (χ2n) is 5.94. The smallest absolute Gasteiger partial charge is 0.348 e. The van der Waals surface area contributed by atoms with E-state index >= 15 is 0 Å². The van der Waals surface area contributed by atoms with Crippen LogP contribution in [0.15, 0.2) is 29.1 Å². The Kier molecular flexibility index (Phi) is 5.55. The van der Waals surface area contributed by atoms with Crippen molar-refractivity contribution in [1.82, 2.24) is 9.97 Å². The Morgan fingerprint density at radius 2 is 2.00 bits per heavy atom. The molecule has 0 saturated heterocycles. The van der Waals surface area contributed by atoms with Gasteiger partial charge in [0.2, 0.25) is 0 Å². The van der Waals surface area contributed by atoms with Crippen LogP contribution in [0, 0.1) is 12.7 Å². The van der Waals surface area contributed by atoms with Crippen molar-refractivity contribution in [3.63, 3.8) is 0 Å². The van der Waals surface area contributed by atoms with E-state index in [4.69, 9.17) is 9.47 Å². The number of aryl methyl sites for hydroxylation is 1. The topological polar surface area (TPSA) is 98.3 Å². The molecule has 0 aliphatic carbocycles. The molecule has 1 atom stereocenters. The lowest BCUT2D eigenvalue weighted by Gasteiger charge is -2.12. The van der Waals surface area contributed by atoms with Crippen LogP contribution in [0.25, 0.3) is 10.2 Å². The van der Waals surface area contributed by atoms with Gasteiger partial charge in [-0.3, -0.25) is 4.79 Å². The van der Waals surface area contributed by atoms with Crippen molar-refractivity contribution < 1.29 is 23.5 Å². The highest BCUT2D eigenvalue weighted by Gasteiger charge is 2.23. The molecule has 1 N–H and O–H groups in total. The second-order valence-corrected chi connectivity index (χ2v) is 6.93. The number of aromatic amines is 1. The minimum absolute atomic E-state index is 0.0962. The molecule has 28 heavy (non-hydrogen) atoms. The van der Waals surface area contributed by atoms with Crippen LogP contribution in [-0.4, -0.2) is 28.5 Å². The number of aromatic nitrogens is 2. The molecule has 0 spiro atoms. The molecule has 0 amide bonds.